The van der Waals surface area contributed by atoms with Crippen molar-refractivity contribution in [3.63, 3.8) is 0 Å². The number of fused-ring (bicyclic) bond motifs is 1. The molecule has 74 valence electrons. The van der Waals surface area contributed by atoms with Crippen molar-refractivity contribution in [1.29, 1.82) is 0 Å². The number of aryl methyl sites for hydroxylation is 1. The average molecular weight is 205 g/mol. The molecular weight excluding hydrogens is 190 g/mol. The van der Waals surface area contributed by atoms with Crippen molar-refractivity contribution in [2.75, 3.05) is 6.54 Å². The van der Waals surface area contributed by atoms with E-state index in [4.69, 9.17) is 0 Å². The summed E-state index contributed by atoms with van der Waals surface area (Å²) in [7, 11) is 0. The zero-order valence-electron chi connectivity index (χ0n) is 8.63. The van der Waals surface area contributed by atoms with Gasteiger partial charge < -0.3 is 5.32 Å². The summed E-state index contributed by atoms with van der Waals surface area (Å²) in [5, 5.41) is 4.78. The van der Waals surface area contributed by atoms with E-state index in [1.54, 1.807) is 0 Å². The first-order valence-electron chi connectivity index (χ1n) is 5.00. The molecule has 0 spiro atoms. The highest BCUT2D eigenvalue weighted by molar-refractivity contribution is 7.19. The van der Waals surface area contributed by atoms with Gasteiger partial charge in [0.15, 0.2) is 0 Å². The number of nitrogens with one attached hydrogen (secondary N) is 1. The summed E-state index contributed by atoms with van der Waals surface area (Å²) < 4.78 is 1.40. The topological polar surface area (TPSA) is 12.0 Å². The van der Waals surface area contributed by atoms with E-state index < -0.39 is 0 Å². The quantitative estimate of drug-likeness (QED) is 0.810. The molecule has 1 nitrogen and oxygen atoms in total. The van der Waals surface area contributed by atoms with Gasteiger partial charge in [0.05, 0.1) is 0 Å². The van der Waals surface area contributed by atoms with Crippen molar-refractivity contribution in [3.8, 4) is 0 Å². The van der Waals surface area contributed by atoms with Gasteiger partial charge in [-0.2, -0.15) is 0 Å². The number of hydrogen-bond donors (Lipinski definition) is 1. The van der Waals surface area contributed by atoms with Gasteiger partial charge in [0, 0.05) is 16.1 Å². The highest BCUT2D eigenvalue weighted by Gasteiger charge is 2.06. The Labute approximate surface area is 88.8 Å². The summed E-state index contributed by atoms with van der Waals surface area (Å²) in [6.45, 7) is 6.39. The molecule has 2 heteroatoms. The van der Waals surface area contributed by atoms with E-state index in [-0.39, 0.29) is 0 Å². The zero-order chi connectivity index (χ0) is 9.97. The third kappa shape index (κ3) is 1.68. The molecule has 0 unspecified atom stereocenters. The summed E-state index contributed by atoms with van der Waals surface area (Å²) in [4.78, 5) is 1.47. The lowest BCUT2D eigenvalue weighted by Crippen LogP contribution is -2.11. The monoisotopic (exact) mass is 205 g/mol. The van der Waals surface area contributed by atoms with Crippen LogP contribution in [0.25, 0.3) is 10.1 Å². The number of thiophene rings is 1. The molecule has 0 saturated carbocycles. The average Bonchev–Trinajstić information content (AvgIpc) is 2.54. The predicted octanol–water partition coefficient (Wildman–Crippen LogP) is 3.32. The smallest absolute Gasteiger partial charge is 0.0348 e. The number of benzene rings is 1. The molecule has 2 rings (SSSR count). The van der Waals surface area contributed by atoms with Crippen molar-refractivity contribution in [2.24, 2.45) is 0 Å². The molecule has 14 heavy (non-hydrogen) atoms. The van der Waals surface area contributed by atoms with Crippen molar-refractivity contribution in [2.45, 2.75) is 20.4 Å². The van der Waals surface area contributed by atoms with E-state index in [2.05, 4.69) is 43.4 Å². The number of rotatable bonds is 3. The van der Waals surface area contributed by atoms with Gasteiger partial charge in [-0.05, 0) is 30.5 Å². The van der Waals surface area contributed by atoms with Crippen molar-refractivity contribution < 1.29 is 0 Å². The Bertz CT molecular complexity index is 431. The second kappa shape index (κ2) is 4.11. The second-order valence-electron chi connectivity index (χ2n) is 3.43. The maximum atomic E-state index is 3.38. The minimum atomic E-state index is 1.00. The molecule has 0 atom stereocenters. The van der Waals surface area contributed by atoms with Gasteiger partial charge in [0.1, 0.15) is 0 Å². The molecule has 2 aromatic rings. The van der Waals surface area contributed by atoms with Crippen LogP contribution in [-0.4, -0.2) is 6.54 Å². The summed E-state index contributed by atoms with van der Waals surface area (Å²) in [5.41, 5.74) is 1.44. The summed E-state index contributed by atoms with van der Waals surface area (Å²) in [6, 6.07) is 8.62. The summed E-state index contributed by atoms with van der Waals surface area (Å²) in [6.07, 6.45) is 0. The first-order chi connectivity index (χ1) is 6.83. The van der Waals surface area contributed by atoms with Crippen LogP contribution in [0.1, 0.15) is 17.4 Å². The largest absolute Gasteiger partial charge is 0.312 e. The maximum absolute atomic E-state index is 3.38. The lowest BCUT2D eigenvalue weighted by atomic mass is 10.1. The maximum Gasteiger partial charge on any atom is 0.0348 e. The fourth-order valence-corrected chi connectivity index (χ4v) is 2.81. The van der Waals surface area contributed by atoms with Gasteiger partial charge in [0.25, 0.3) is 0 Å². The molecule has 0 fully saturated rings. The molecule has 0 aliphatic carbocycles. The SMILES string of the molecule is CCNCc1sc2ccccc2c1C. The third-order valence-corrected chi connectivity index (χ3v) is 3.75. The molecule has 0 saturated heterocycles. The van der Waals surface area contributed by atoms with Crippen LogP contribution in [0.3, 0.4) is 0 Å². The Morgan fingerprint density at radius 2 is 2.07 bits per heavy atom. The van der Waals surface area contributed by atoms with E-state index in [1.807, 2.05) is 11.3 Å². The molecule has 1 heterocycles. The normalized spacial score (nSPS) is 11.0. The van der Waals surface area contributed by atoms with E-state index >= 15 is 0 Å². The Hall–Kier alpha value is -0.860. The first-order valence-corrected chi connectivity index (χ1v) is 5.82. The van der Waals surface area contributed by atoms with Gasteiger partial charge >= 0.3 is 0 Å². The minimum Gasteiger partial charge on any atom is -0.312 e. The van der Waals surface area contributed by atoms with Gasteiger partial charge in [-0.1, -0.05) is 25.1 Å². The van der Waals surface area contributed by atoms with Gasteiger partial charge in [-0.3, -0.25) is 0 Å². The van der Waals surface area contributed by atoms with E-state index in [0.717, 1.165) is 13.1 Å². The summed E-state index contributed by atoms with van der Waals surface area (Å²) >= 11 is 1.90. The van der Waals surface area contributed by atoms with E-state index in [0.29, 0.717) is 0 Å². The van der Waals surface area contributed by atoms with Crippen molar-refractivity contribution in [3.05, 3.63) is 34.7 Å². The standard InChI is InChI=1S/C12H15NS/c1-3-13-8-12-9(2)10-6-4-5-7-11(10)14-12/h4-7,13H,3,8H2,1-2H3. The zero-order valence-corrected chi connectivity index (χ0v) is 9.45. The Morgan fingerprint density at radius 1 is 1.29 bits per heavy atom. The molecule has 0 bridgehead atoms. The van der Waals surface area contributed by atoms with Gasteiger partial charge in [0.2, 0.25) is 0 Å². The van der Waals surface area contributed by atoms with E-state index in [9.17, 15) is 0 Å². The molecule has 0 aliphatic heterocycles. The Balaban J connectivity index is 2.41. The molecule has 0 aliphatic rings. The Kier molecular flexibility index (Phi) is 2.85. The van der Waals surface area contributed by atoms with Crippen LogP contribution in [0.5, 0.6) is 0 Å². The molecule has 1 aromatic carbocycles. The van der Waals surface area contributed by atoms with Crippen LogP contribution < -0.4 is 5.32 Å². The predicted molar refractivity (Wildman–Crippen MR) is 63.9 cm³/mol. The Morgan fingerprint density at radius 3 is 2.79 bits per heavy atom. The molecule has 1 N–H and O–H groups in total. The molecule has 0 radical (unpaired) electrons. The van der Waals surface area contributed by atoms with Crippen LogP contribution in [0.15, 0.2) is 24.3 Å². The number of hydrogen-bond acceptors (Lipinski definition) is 2. The fraction of sp³-hybridized carbons (Fsp3) is 0.333. The molecule has 0 amide bonds. The highest BCUT2D eigenvalue weighted by Crippen LogP contribution is 2.30. The lowest BCUT2D eigenvalue weighted by molar-refractivity contribution is 0.733. The van der Waals surface area contributed by atoms with Crippen LogP contribution in [0, 0.1) is 6.92 Å². The van der Waals surface area contributed by atoms with Gasteiger partial charge in [-0.25, -0.2) is 0 Å². The van der Waals surface area contributed by atoms with Gasteiger partial charge in [-0.15, -0.1) is 11.3 Å². The van der Waals surface area contributed by atoms with Crippen molar-refractivity contribution in [1.82, 2.24) is 5.32 Å². The van der Waals surface area contributed by atoms with Crippen molar-refractivity contribution >= 4 is 21.4 Å². The van der Waals surface area contributed by atoms with Crippen LogP contribution in [-0.2, 0) is 6.54 Å². The second-order valence-corrected chi connectivity index (χ2v) is 4.56. The fourth-order valence-electron chi connectivity index (χ4n) is 1.63. The lowest BCUT2D eigenvalue weighted by Gasteiger charge is -1.99. The van der Waals surface area contributed by atoms with Crippen LogP contribution in [0.2, 0.25) is 0 Å². The molecular formula is C12H15NS. The first kappa shape index (κ1) is 9.69. The van der Waals surface area contributed by atoms with Crippen LogP contribution in [0.4, 0.5) is 0 Å². The summed E-state index contributed by atoms with van der Waals surface area (Å²) in [5.74, 6) is 0. The molecule has 1 aromatic heterocycles. The van der Waals surface area contributed by atoms with Crippen LogP contribution >= 0.6 is 11.3 Å². The third-order valence-electron chi connectivity index (χ3n) is 2.48. The minimum absolute atomic E-state index is 1.00. The van der Waals surface area contributed by atoms with E-state index in [1.165, 1.54) is 20.5 Å². The highest BCUT2D eigenvalue weighted by atomic mass is 32.1.